The van der Waals surface area contributed by atoms with Crippen LogP contribution in [0.4, 0.5) is 0 Å². The molecule has 1 saturated heterocycles. The van der Waals surface area contributed by atoms with Gasteiger partial charge in [-0.3, -0.25) is 0 Å². The minimum absolute atomic E-state index is 0.765. The van der Waals surface area contributed by atoms with Crippen LogP contribution in [0.2, 0.25) is 0 Å². The summed E-state index contributed by atoms with van der Waals surface area (Å²) in [5.74, 6) is 3.35. The zero-order chi connectivity index (χ0) is 13.7. The van der Waals surface area contributed by atoms with Crippen molar-refractivity contribution in [2.24, 2.45) is 13.0 Å². The summed E-state index contributed by atoms with van der Waals surface area (Å²) in [4.78, 5) is 7.07. The minimum atomic E-state index is 0.765. The summed E-state index contributed by atoms with van der Waals surface area (Å²) in [5.41, 5.74) is 0. The third kappa shape index (κ3) is 4.84. The molecule has 0 atom stereocenters. The maximum Gasteiger partial charge on any atom is 0.108 e. The van der Waals surface area contributed by atoms with Crippen LogP contribution in [0.25, 0.3) is 0 Å². The Balaban J connectivity index is 1.66. The number of piperidine rings is 1. The smallest absolute Gasteiger partial charge is 0.108 e. The van der Waals surface area contributed by atoms with Gasteiger partial charge in [-0.05, 0) is 37.1 Å². The highest BCUT2D eigenvalue weighted by atomic mass is 32.2. The predicted octanol–water partition coefficient (Wildman–Crippen LogP) is 2.82. The standard InChI is InChI=1S/C15H27N3S/c1-13(2)19-11-10-18-7-4-14(5-8-18)12-15-16-6-9-17(15)3/h6,9,13-14H,4-5,7-8,10-12H2,1-3H3. The van der Waals surface area contributed by atoms with Gasteiger partial charge in [-0.25, -0.2) is 4.98 Å². The largest absolute Gasteiger partial charge is 0.338 e. The summed E-state index contributed by atoms with van der Waals surface area (Å²) in [6, 6.07) is 0. The van der Waals surface area contributed by atoms with Crippen LogP contribution in [0.3, 0.4) is 0 Å². The third-order valence-corrected chi connectivity index (χ3v) is 5.04. The number of hydrogen-bond acceptors (Lipinski definition) is 3. The summed E-state index contributed by atoms with van der Waals surface area (Å²) in [6.07, 6.45) is 7.78. The van der Waals surface area contributed by atoms with Crippen LogP contribution in [0.15, 0.2) is 12.4 Å². The number of aryl methyl sites for hydroxylation is 1. The highest BCUT2D eigenvalue weighted by Gasteiger charge is 2.20. The van der Waals surface area contributed by atoms with Crippen molar-refractivity contribution in [3.8, 4) is 0 Å². The second-order valence-electron chi connectivity index (χ2n) is 5.86. The Hall–Kier alpha value is -0.480. The van der Waals surface area contributed by atoms with Crippen molar-refractivity contribution in [2.45, 2.75) is 38.4 Å². The van der Waals surface area contributed by atoms with E-state index in [2.05, 4.69) is 47.1 Å². The molecule has 4 heteroatoms. The van der Waals surface area contributed by atoms with Gasteiger partial charge in [0.15, 0.2) is 0 Å². The fraction of sp³-hybridized carbons (Fsp3) is 0.800. The molecule has 108 valence electrons. The minimum Gasteiger partial charge on any atom is -0.338 e. The van der Waals surface area contributed by atoms with Gasteiger partial charge in [0.05, 0.1) is 0 Å². The van der Waals surface area contributed by atoms with Crippen LogP contribution in [0.1, 0.15) is 32.5 Å². The highest BCUT2D eigenvalue weighted by Crippen LogP contribution is 2.21. The number of thioether (sulfide) groups is 1. The average molecular weight is 281 g/mol. The molecule has 19 heavy (non-hydrogen) atoms. The Morgan fingerprint density at radius 2 is 2.11 bits per heavy atom. The first-order chi connectivity index (χ1) is 9.15. The molecule has 2 rings (SSSR count). The topological polar surface area (TPSA) is 21.1 Å². The molecule has 0 unspecified atom stereocenters. The van der Waals surface area contributed by atoms with Gasteiger partial charge >= 0.3 is 0 Å². The van der Waals surface area contributed by atoms with Crippen molar-refractivity contribution in [1.29, 1.82) is 0 Å². The van der Waals surface area contributed by atoms with Gasteiger partial charge in [0, 0.05) is 38.2 Å². The Labute approximate surface area is 121 Å². The van der Waals surface area contributed by atoms with E-state index >= 15 is 0 Å². The van der Waals surface area contributed by atoms with E-state index in [0.29, 0.717) is 0 Å². The van der Waals surface area contributed by atoms with Gasteiger partial charge in [-0.2, -0.15) is 11.8 Å². The van der Waals surface area contributed by atoms with Gasteiger partial charge in [-0.15, -0.1) is 0 Å². The quantitative estimate of drug-likeness (QED) is 0.800. The SMILES string of the molecule is CC(C)SCCN1CCC(Cc2nccn2C)CC1. The molecule has 1 aromatic rings. The van der Waals surface area contributed by atoms with Gasteiger partial charge in [-0.1, -0.05) is 13.8 Å². The molecule has 0 bridgehead atoms. The molecule has 0 spiro atoms. The van der Waals surface area contributed by atoms with Crippen molar-refractivity contribution in [3.63, 3.8) is 0 Å². The summed E-state index contributed by atoms with van der Waals surface area (Å²) >= 11 is 2.08. The van der Waals surface area contributed by atoms with Crippen LogP contribution >= 0.6 is 11.8 Å². The molecule has 0 N–H and O–H groups in total. The van der Waals surface area contributed by atoms with Crippen LogP contribution in [0, 0.1) is 5.92 Å². The molecule has 0 saturated carbocycles. The Kier molecular flexibility index (Phi) is 5.76. The third-order valence-electron chi connectivity index (χ3n) is 3.96. The first-order valence-corrected chi connectivity index (χ1v) is 8.50. The van der Waals surface area contributed by atoms with E-state index in [-0.39, 0.29) is 0 Å². The number of aromatic nitrogens is 2. The van der Waals surface area contributed by atoms with Gasteiger partial charge in [0.2, 0.25) is 0 Å². The molecule has 1 aliphatic rings. The fourth-order valence-electron chi connectivity index (χ4n) is 2.68. The van der Waals surface area contributed by atoms with E-state index in [9.17, 15) is 0 Å². The van der Waals surface area contributed by atoms with Crippen LogP contribution in [-0.2, 0) is 13.5 Å². The van der Waals surface area contributed by atoms with Crippen molar-refractivity contribution in [2.75, 3.05) is 25.4 Å². The van der Waals surface area contributed by atoms with Crippen LogP contribution in [0.5, 0.6) is 0 Å². The van der Waals surface area contributed by atoms with E-state index in [0.717, 1.165) is 17.6 Å². The summed E-state index contributed by atoms with van der Waals surface area (Å²) in [6.45, 7) is 8.37. The summed E-state index contributed by atoms with van der Waals surface area (Å²) in [7, 11) is 2.10. The number of likely N-dealkylation sites (tertiary alicyclic amines) is 1. The lowest BCUT2D eigenvalue weighted by Gasteiger charge is -2.31. The van der Waals surface area contributed by atoms with Crippen LogP contribution in [-0.4, -0.2) is 45.1 Å². The molecule has 0 aliphatic carbocycles. The molecule has 1 fully saturated rings. The lowest BCUT2D eigenvalue weighted by molar-refractivity contribution is 0.192. The Morgan fingerprint density at radius 1 is 1.37 bits per heavy atom. The zero-order valence-corrected chi connectivity index (χ0v) is 13.3. The predicted molar refractivity (Wildman–Crippen MR) is 83.7 cm³/mol. The number of rotatable bonds is 6. The molecule has 3 nitrogen and oxygen atoms in total. The van der Waals surface area contributed by atoms with E-state index in [1.54, 1.807) is 0 Å². The van der Waals surface area contributed by atoms with Crippen molar-refractivity contribution >= 4 is 11.8 Å². The first-order valence-electron chi connectivity index (χ1n) is 7.45. The number of nitrogens with zero attached hydrogens (tertiary/aromatic N) is 3. The Morgan fingerprint density at radius 3 is 2.68 bits per heavy atom. The van der Waals surface area contributed by atoms with Crippen molar-refractivity contribution < 1.29 is 0 Å². The normalized spacial score (nSPS) is 18.3. The molecule has 0 aromatic carbocycles. The summed E-state index contributed by atoms with van der Waals surface area (Å²) in [5, 5.41) is 0.765. The maximum absolute atomic E-state index is 4.44. The highest BCUT2D eigenvalue weighted by molar-refractivity contribution is 7.99. The molecular formula is C15H27N3S. The molecule has 2 heterocycles. The number of imidazole rings is 1. The monoisotopic (exact) mass is 281 g/mol. The molecule has 0 amide bonds. The zero-order valence-electron chi connectivity index (χ0n) is 12.5. The molecule has 1 aromatic heterocycles. The summed E-state index contributed by atoms with van der Waals surface area (Å²) < 4.78 is 2.16. The van der Waals surface area contributed by atoms with Crippen molar-refractivity contribution in [3.05, 3.63) is 18.2 Å². The Bertz CT molecular complexity index is 367. The van der Waals surface area contributed by atoms with Gasteiger partial charge < -0.3 is 9.47 Å². The van der Waals surface area contributed by atoms with Gasteiger partial charge in [0.25, 0.3) is 0 Å². The van der Waals surface area contributed by atoms with E-state index in [1.807, 2.05) is 12.4 Å². The van der Waals surface area contributed by atoms with E-state index < -0.39 is 0 Å². The second kappa shape index (κ2) is 7.34. The molecular weight excluding hydrogens is 254 g/mol. The van der Waals surface area contributed by atoms with E-state index in [1.165, 1.54) is 44.1 Å². The second-order valence-corrected chi connectivity index (χ2v) is 7.55. The average Bonchev–Trinajstić information content (AvgIpc) is 2.77. The first kappa shape index (κ1) is 14.9. The van der Waals surface area contributed by atoms with Crippen LogP contribution < -0.4 is 0 Å². The number of hydrogen-bond donors (Lipinski definition) is 0. The lowest BCUT2D eigenvalue weighted by Crippen LogP contribution is -2.36. The fourth-order valence-corrected chi connectivity index (χ4v) is 3.52. The van der Waals surface area contributed by atoms with E-state index in [4.69, 9.17) is 0 Å². The van der Waals surface area contributed by atoms with Gasteiger partial charge in [0.1, 0.15) is 5.82 Å². The lowest BCUT2D eigenvalue weighted by atomic mass is 9.93. The maximum atomic E-state index is 4.44. The van der Waals surface area contributed by atoms with Crippen molar-refractivity contribution in [1.82, 2.24) is 14.5 Å². The molecule has 1 aliphatic heterocycles. The molecule has 0 radical (unpaired) electrons.